The van der Waals surface area contributed by atoms with E-state index in [1.165, 1.54) is 5.56 Å². The van der Waals surface area contributed by atoms with Gasteiger partial charge in [-0.1, -0.05) is 43.3 Å². The van der Waals surface area contributed by atoms with Crippen LogP contribution in [0.1, 0.15) is 30.0 Å². The van der Waals surface area contributed by atoms with Crippen molar-refractivity contribution in [2.75, 3.05) is 11.1 Å². The van der Waals surface area contributed by atoms with Gasteiger partial charge in [-0.15, -0.1) is 0 Å². The van der Waals surface area contributed by atoms with Crippen molar-refractivity contribution >= 4 is 29.3 Å². The van der Waals surface area contributed by atoms with Gasteiger partial charge in [0.25, 0.3) is 0 Å². The number of hydrogen-bond acceptors (Lipinski definition) is 3. The molecule has 0 aliphatic heterocycles. The molecule has 0 bridgehead atoms. The molecule has 0 unspecified atom stereocenters. The van der Waals surface area contributed by atoms with E-state index in [0.29, 0.717) is 12.2 Å². The number of nitrogens with one attached hydrogen (secondary N) is 1. The first kappa shape index (κ1) is 19.1. The van der Waals surface area contributed by atoms with Crippen LogP contribution in [0.25, 0.3) is 0 Å². The normalized spacial score (nSPS) is 10.4. The number of carbonyl (C=O) groups is 2. The third kappa shape index (κ3) is 7.01. The van der Waals surface area contributed by atoms with Gasteiger partial charge in [0.1, 0.15) is 0 Å². The lowest BCUT2D eigenvalue weighted by molar-refractivity contribution is -0.136. The highest BCUT2D eigenvalue weighted by molar-refractivity contribution is 7.98. The van der Waals surface area contributed by atoms with Gasteiger partial charge in [-0.2, -0.15) is 11.8 Å². The summed E-state index contributed by atoms with van der Waals surface area (Å²) >= 11 is 1.58. The van der Waals surface area contributed by atoms with Crippen molar-refractivity contribution in [3.05, 3.63) is 65.2 Å². The van der Waals surface area contributed by atoms with Gasteiger partial charge < -0.3 is 10.4 Å². The smallest absolute Gasteiger partial charge is 0.304 e. The highest BCUT2D eigenvalue weighted by atomic mass is 32.2. The Labute approximate surface area is 152 Å². The third-order valence-corrected chi connectivity index (χ3v) is 4.73. The number of aryl methyl sites for hydroxylation is 1. The Morgan fingerprint density at radius 1 is 1.04 bits per heavy atom. The minimum Gasteiger partial charge on any atom is -0.481 e. The molecule has 0 fully saturated rings. The fourth-order valence-corrected chi connectivity index (χ4v) is 3.32. The van der Waals surface area contributed by atoms with Crippen LogP contribution in [0.2, 0.25) is 0 Å². The number of amides is 1. The molecule has 2 aromatic rings. The summed E-state index contributed by atoms with van der Waals surface area (Å²) in [4.78, 5) is 22.8. The zero-order valence-electron chi connectivity index (χ0n) is 14.3. The number of benzene rings is 2. The van der Waals surface area contributed by atoms with Crippen LogP contribution in [-0.2, 0) is 28.2 Å². The van der Waals surface area contributed by atoms with Crippen LogP contribution in [0.4, 0.5) is 5.69 Å². The number of hydrogen-bond donors (Lipinski definition) is 2. The molecule has 0 saturated heterocycles. The number of carbonyl (C=O) groups excluding carboxylic acids is 1. The number of aliphatic carboxylic acids is 1. The quantitative estimate of drug-likeness (QED) is 0.662. The molecular weight excluding hydrogens is 334 g/mol. The van der Waals surface area contributed by atoms with Crippen LogP contribution in [0.3, 0.4) is 0 Å². The standard InChI is InChI=1S/C20H23NO3S/c1-2-15-5-3-6-16(11-15)13-19(22)21-18-8-4-7-17(12-18)14-25-10-9-20(23)24/h3-8,11-12H,2,9-10,13-14H2,1H3,(H,21,22)(H,23,24). The van der Waals surface area contributed by atoms with Crippen molar-refractivity contribution in [2.45, 2.75) is 31.9 Å². The number of anilines is 1. The van der Waals surface area contributed by atoms with E-state index in [2.05, 4.69) is 24.4 Å². The number of carboxylic acids is 1. The molecule has 0 heterocycles. The van der Waals surface area contributed by atoms with Crippen molar-refractivity contribution in [1.29, 1.82) is 0 Å². The van der Waals surface area contributed by atoms with Crippen molar-refractivity contribution in [3.63, 3.8) is 0 Å². The molecule has 132 valence electrons. The Morgan fingerprint density at radius 3 is 2.52 bits per heavy atom. The van der Waals surface area contributed by atoms with Gasteiger partial charge in [-0.05, 0) is 35.2 Å². The first-order valence-electron chi connectivity index (χ1n) is 8.33. The molecule has 0 radical (unpaired) electrons. The molecule has 1 amide bonds. The van der Waals surface area contributed by atoms with Crippen LogP contribution < -0.4 is 5.32 Å². The first-order chi connectivity index (χ1) is 12.1. The van der Waals surface area contributed by atoms with E-state index in [0.717, 1.165) is 29.0 Å². The molecule has 0 aliphatic rings. The summed E-state index contributed by atoms with van der Waals surface area (Å²) in [5.41, 5.74) is 4.08. The molecule has 2 rings (SSSR count). The Bertz CT molecular complexity index is 730. The third-order valence-electron chi connectivity index (χ3n) is 3.70. The lowest BCUT2D eigenvalue weighted by atomic mass is 10.1. The fourth-order valence-electron chi connectivity index (χ4n) is 2.44. The molecule has 0 aromatic heterocycles. The monoisotopic (exact) mass is 357 g/mol. The zero-order valence-corrected chi connectivity index (χ0v) is 15.1. The zero-order chi connectivity index (χ0) is 18.1. The SMILES string of the molecule is CCc1cccc(CC(=O)Nc2cccc(CSCCC(=O)O)c2)c1. The fraction of sp³-hybridized carbons (Fsp3) is 0.300. The summed E-state index contributed by atoms with van der Waals surface area (Å²) in [7, 11) is 0. The molecular formula is C20H23NO3S. The van der Waals surface area contributed by atoms with Crippen LogP contribution >= 0.6 is 11.8 Å². The Kier molecular flexibility index (Phi) is 7.54. The van der Waals surface area contributed by atoms with E-state index in [-0.39, 0.29) is 12.3 Å². The van der Waals surface area contributed by atoms with Gasteiger partial charge in [0.15, 0.2) is 0 Å². The summed E-state index contributed by atoms with van der Waals surface area (Å²) in [6, 6.07) is 15.8. The molecule has 0 aliphatic carbocycles. The Morgan fingerprint density at radius 2 is 1.76 bits per heavy atom. The number of rotatable bonds is 9. The van der Waals surface area contributed by atoms with Crippen LogP contribution in [0.15, 0.2) is 48.5 Å². The van der Waals surface area contributed by atoms with Gasteiger partial charge in [-0.3, -0.25) is 9.59 Å². The minimum absolute atomic E-state index is 0.0380. The molecule has 0 saturated carbocycles. The molecule has 5 heteroatoms. The average Bonchev–Trinajstić information content (AvgIpc) is 2.59. The lowest BCUT2D eigenvalue weighted by Crippen LogP contribution is -2.14. The van der Waals surface area contributed by atoms with Crippen LogP contribution in [0, 0.1) is 0 Å². The van der Waals surface area contributed by atoms with Crippen molar-refractivity contribution in [3.8, 4) is 0 Å². The summed E-state index contributed by atoms with van der Waals surface area (Å²) in [6.45, 7) is 2.10. The van der Waals surface area contributed by atoms with Crippen molar-refractivity contribution < 1.29 is 14.7 Å². The summed E-state index contributed by atoms with van der Waals surface area (Å²) in [5, 5.41) is 11.6. The van der Waals surface area contributed by atoms with Gasteiger partial charge in [0.2, 0.25) is 5.91 Å². The molecule has 0 atom stereocenters. The average molecular weight is 357 g/mol. The van der Waals surface area contributed by atoms with E-state index in [4.69, 9.17) is 5.11 Å². The van der Waals surface area contributed by atoms with Gasteiger partial charge >= 0.3 is 5.97 Å². The van der Waals surface area contributed by atoms with E-state index in [1.54, 1.807) is 11.8 Å². The molecule has 2 aromatic carbocycles. The van der Waals surface area contributed by atoms with Gasteiger partial charge in [0.05, 0.1) is 12.8 Å². The predicted octanol–water partition coefficient (Wildman–Crippen LogP) is 4.14. The van der Waals surface area contributed by atoms with E-state index < -0.39 is 5.97 Å². The van der Waals surface area contributed by atoms with Crippen LogP contribution in [0.5, 0.6) is 0 Å². The molecule has 2 N–H and O–H groups in total. The van der Waals surface area contributed by atoms with E-state index >= 15 is 0 Å². The lowest BCUT2D eigenvalue weighted by Gasteiger charge is -2.08. The summed E-state index contributed by atoms with van der Waals surface area (Å²) < 4.78 is 0. The van der Waals surface area contributed by atoms with Crippen LogP contribution in [-0.4, -0.2) is 22.7 Å². The highest BCUT2D eigenvalue weighted by Crippen LogP contribution is 2.17. The predicted molar refractivity (Wildman–Crippen MR) is 103 cm³/mol. The molecule has 25 heavy (non-hydrogen) atoms. The van der Waals surface area contributed by atoms with E-state index in [1.807, 2.05) is 36.4 Å². The molecule has 0 spiro atoms. The maximum absolute atomic E-state index is 12.2. The summed E-state index contributed by atoms with van der Waals surface area (Å²) in [6.07, 6.45) is 1.47. The second-order valence-corrected chi connectivity index (χ2v) is 6.90. The largest absolute Gasteiger partial charge is 0.481 e. The number of thioether (sulfide) groups is 1. The minimum atomic E-state index is -0.777. The topological polar surface area (TPSA) is 66.4 Å². The van der Waals surface area contributed by atoms with Crippen molar-refractivity contribution in [2.24, 2.45) is 0 Å². The second-order valence-electron chi connectivity index (χ2n) is 5.80. The number of carboxylic acid groups (broad SMARTS) is 1. The van der Waals surface area contributed by atoms with Gasteiger partial charge in [-0.25, -0.2) is 0 Å². The van der Waals surface area contributed by atoms with Crippen molar-refractivity contribution in [1.82, 2.24) is 0 Å². The second kappa shape index (κ2) is 9.89. The van der Waals surface area contributed by atoms with E-state index in [9.17, 15) is 9.59 Å². The Hall–Kier alpha value is -2.27. The summed E-state index contributed by atoms with van der Waals surface area (Å²) in [5.74, 6) is 0.500. The first-order valence-corrected chi connectivity index (χ1v) is 9.48. The maximum Gasteiger partial charge on any atom is 0.304 e. The maximum atomic E-state index is 12.2. The Balaban J connectivity index is 1.87. The highest BCUT2D eigenvalue weighted by Gasteiger charge is 2.06. The van der Waals surface area contributed by atoms with Gasteiger partial charge in [0, 0.05) is 17.2 Å². The molecule has 4 nitrogen and oxygen atoms in total.